The molecule has 0 spiro atoms. The zero-order valence-electron chi connectivity index (χ0n) is 12.0. The van der Waals surface area contributed by atoms with Gasteiger partial charge in [0.25, 0.3) is 5.56 Å². The topological polar surface area (TPSA) is 56.0 Å². The van der Waals surface area contributed by atoms with E-state index in [0.717, 1.165) is 17.5 Å². The second-order valence-corrected chi connectivity index (χ2v) is 5.74. The lowest BCUT2D eigenvalue weighted by molar-refractivity contribution is 0.631. The van der Waals surface area contributed by atoms with Crippen LogP contribution in [0.2, 0.25) is 0 Å². The third kappa shape index (κ3) is 2.91. The van der Waals surface area contributed by atoms with Crippen molar-refractivity contribution < 1.29 is 0 Å². The van der Waals surface area contributed by atoms with Gasteiger partial charge in [-0.05, 0) is 23.4 Å². The summed E-state index contributed by atoms with van der Waals surface area (Å²) in [6.07, 6.45) is 2.62. The van der Waals surface area contributed by atoms with Crippen LogP contribution in [0.1, 0.15) is 22.9 Å². The predicted molar refractivity (Wildman–Crippen MR) is 81.2 cm³/mol. The highest BCUT2D eigenvalue weighted by molar-refractivity contribution is 7.10. The number of aryl methyl sites for hydroxylation is 2. The van der Waals surface area contributed by atoms with E-state index < -0.39 is 0 Å². The molecule has 2 rings (SSSR count). The van der Waals surface area contributed by atoms with Crippen LogP contribution in [-0.2, 0) is 33.6 Å². The Labute approximate surface area is 121 Å². The van der Waals surface area contributed by atoms with E-state index in [1.165, 1.54) is 22.1 Å². The van der Waals surface area contributed by atoms with Gasteiger partial charge in [-0.1, -0.05) is 6.92 Å². The van der Waals surface area contributed by atoms with Crippen LogP contribution in [-0.4, -0.2) is 9.13 Å². The van der Waals surface area contributed by atoms with Crippen molar-refractivity contribution in [3.8, 4) is 0 Å². The van der Waals surface area contributed by atoms with Crippen molar-refractivity contribution >= 4 is 11.3 Å². The minimum atomic E-state index is -0.301. The third-order valence-corrected chi connectivity index (χ3v) is 4.30. The van der Waals surface area contributed by atoms with Gasteiger partial charge in [-0.15, -0.1) is 11.3 Å². The van der Waals surface area contributed by atoms with Crippen molar-refractivity contribution in [1.29, 1.82) is 0 Å². The summed E-state index contributed by atoms with van der Waals surface area (Å²) in [4.78, 5) is 24.9. The summed E-state index contributed by atoms with van der Waals surface area (Å²) in [5, 5.41) is 5.36. The summed E-state index contributed by atoms with van der Waals surface area (Å²) in [5.41, 5.74) is 1.41. The van der Waals surface area contributed by atoms with Crippen LogP contribution in [0.25, 0.3) is 0 Å². The minimum absolute atomic E-state index is 0.234. The zero-order chi connectivity index (χ0) is 14.7. The maximum Gasteiger partial charge on any atom is 0.330 e. The highest BCUT2D eigenvalue weighted by atomic mass is 32.1. The van der Waals surface area contributed by atoms with Crippen molar-refractivity contribution in [2.24, 2.45) is 14.1 Å². The van der Waals surface area contributed by atoms with Crippen LogP contribution >= 0.6 is 11.3 Å². The average Bonchev–Trinajstić information content (AvgIpc) is 2.89. The Kier molecular flexibility index (Phi) is 4.57. The fourth-order valence-corrected chi connectivity index (χ4v) is 3.10. The molecule has 108 valence electrons. The summed E-state index contributed by atoms with van der Waals surface area (Å²) >= 11 is 1.72. The lowest BCUT2D eigenvalue weighted by Gasteiger charge is -2.08. The average molecular weight is 293 g/mol. The number of rotatable bonds is 5. The molecule has 0 saturated heterocycles. The first-order valence-electron chi connectivity index (χ1n) is 6.56. The summed E-state index contributed by atoms with van der Waals surface area (Å²) in [7, 11) is 3.16. The summed E-state index contributed by atoms with van der Waals surface area (Å²) in [6.45, 7) is 3.34. The van der Waals surface area contributed by atoms with Crippen molar-refractivity contribution in [2.75, 3.05) is 0 Å². The molecule has 0 aliphatic rings. The van der Waals surface area contributed by atoms with Crippen LogP contribution in [0.4, 0.5) is 0 Å². The molecule has 0 aliphatic carbocycles. The molecule has 0 fully saturated rings. The molecule has 6 heteroatoms. The number of nitrogens with one attached hydrogen (secondary N) is 1. The predicted octanol–water partition coefficient (Wildman–Crippen LogP) is 0.998. The maximum absolute atomic E-state index is 12.0. The van der Waals surface area contributed by atoms with E-state index in [2.05, 4.69) is 23.7 Å². The largest absolute Gasteiger partial charge is 0.330 e. The van der Waals surface area contributed by atoms with Crippen LogP contribution in [0.15, 0.2) is 27.2 Å². The number of thiophene rings is 1. The third-order valence-electron chi connectivity index (χ3n) is 3.34. The molecule has 2 aromatic rings. The quantitative estimate of drug-likeness (QED) is 0.895. The smallest absolute Gasteiger partial charge is 0.308 e. The molecular weight excluding hydrogens is 274 g/mol. The van der Waals surface area contributed by atoms with Gasteiger partial charge in [-0.25, -0.2) is 4.79 Å². The molecule has 2 aromatic heterocycles. The summed E-state index contributed by atoms with van der Waals surface area (Å²) in [6, 6.07) is 2.13. The Hall–Kier alpha value is -1.66. The first-order chi connectivity index (χ1) is 9.54. The van der Waals surface area contributed by atoms with Gasteiger partial charge in [0.2, 0.25) is 0 Å². The van der Waals surface area contributed by atoms with E-state index in [-0.39, 0.29) is 11.2 Å². The van der Waals surface area contributed by atoms with E-state index >= 15 is 0 Å². The molecule has 0 unspecified atom stereocenters. The lowest BCUT2D eigenvalue weighted by Crippen LogP contribution is -2.39. The molecule has 5 nitrogen and oxygen atoms in total. The van der Waals surface area contributed by atoms with Gasteiger partial charge in [-0.3, -0.25) is 9.36 Å². The molecule has 2 heterocycles. The van der Waals surface area contributed by atoms with Crippen molar-refractivity contribution in [1.82, 2.24) is 14.5 Å². The highest BCUT2D eigenvalue weighted by Crippen LogP contribution is 2.16. The fraction of sp³-hybridized carbons (Fsp3) is 0.429. The van der Waals surface area contributed by atoms with E-state index in [4.69, 9.17) is 0 Å². The molecule has 0 amide bonds. The standard InChI is InChI=1S/C14H19N3O2S/c1-4-10-5-6-20-12(10)8-15-7-11-9-16(2)14(19)17(3)13(11)18/h5-6,9,15H,4,7-8H2,1-3H3. The SMILES string of the molecule is CCc1ccsc1CNCc1cn(C)c(=O)n(C)c1=O. The monoisotopic (exact) mass is 293 g/mol. The summed E-state index contributed by atoms with van der Waals surface area (Å²) < 4.78 is 2.57. The molecule has 0 bridgehead atoms. The first kappa shape index (κ1) is 14.7. The molecule has 20 heavy (non-hydrogen) atoms. The van der Waals surface area contributed by atoms with E-state index in [1.807, 2.05) is 0 Å². The van der Waals surface area contributed by atoms with Crippen molar-refractivity contribution in [3.63, 3.8) is 0 Å². The van der Waals surface area contributed by atoms with Gasteiger partial charge >= 0.3 is 5.69 Å². The first-order valence-corrected chi connectivity index (χ1v) is 7.44. The lowest BCUT2D eigenvalue weighted by atomic mass is 10.2. The van der Waals surface area contributed by atoms with Crippen molar-refractivity contribution in [3.05, 3.63) is 54.5 Å². The highest BCUT2D eigenvalue weighted by Gasteiger charge is 2.07. The van der Waals surface area contributed by atoms with E-state index in [1.54, 1.807) is 24.6 Å². The van der Waals surface area contributed by atoms with Crippen LogP contribution < -0.4 is 16.6 Å². The van der Waals surface area contributed by atoms with Crippen LogP contribution in [0.3, 0.4) is 0 Å². The van der Waals surface area contributed by atoms with Crippen LogP contribution in [0.5, 0.6) is 0 Å². The Balaban J connectivity index is 2.09. The minimum Gasteiger partial charge on any atom is -0.308 e. The van der Waals surface area contributed by atoms with Crippen LogP contribution in [0, 0.1) is 0 Å². The Morgan fingerprint density at radius 1 is 1.20 bits per heavy atom. The Morgan fingerprint density at radius 2 is 1.95 bits per heavy atom. The molecule has 0 aromatic carbocycles. The van der Waals surface area contributed by atoms with E-state index in [9.17, 15) is 9.59 Å². The van der Waals surface area contributed by atoms with Gasteiger partial charge in [0, 0.05) is 43.8 Å². The van der Waals surface area contributed by atoms with E-state index in [0.29, 0.717) is 12.1 Å². The molecule has 0 radical (unpaired) electrons. The van der Waals surface area contributed by atoms with Crippen molar-refractivity contribution in [2.45, 2.75) is 26.4 Å². The Bertz CT molecular complexity index is 712. The number of aromatic nitrogens is 2. The number of hydrogen-bond acceptors (Lipinski definition) is 4. The molecule has 1 N–H and O–H groups in total. The zero-order valence-corrected chi connectivity index (χ0v) is 12.8. The molecule has 0 saturated carbocycles. The number of nitrogens with zero attached hydrogens (tertiary/aromatic N) is 2. The van der Waals surface area contributed by atoms with Gasteiger partial charge in [0.15, 0.2) is 0 Å². The second-order valence-electron chi connectivity index (χ2n) is 4.74. The molecule has 0 atom stereocenters. The summed E-state index contributed by atoms with van der Waals surface area (Å²) in [5.74, 6) is 0. The normalized spacial score (nSPS) is 10.9. The Morgan fingerprint density at radius 3 is 2.65 bits per heavy atom. The number of hydrogen-bond donors (Lipinski definition) is 1. The second kappa shape index (κ2) is 6.19. The molecular formula is C14H19N3O2S. The fourth-order valence-electron chi connectivity index (χ4n) is 2.15. The van der Waals surface area contributed by atoms with Gasteiger partial charge in [0.1, 0.15) is 0 Å². The maximum atomic E-state index is 12.0. The van der Waals surface area contributed by atoms with Gasteiger partial charge in [0.05, 0.1) is 0 Å². The van der Waals surface area contributed by atoms with Gasteiger partial charge < -0.3 is 9.88 Å². The molecule has 0 aliphatic heterocycles. The van der Waals surface area contributed by atoms with Gasteiger partial charge in [-0.2, -0.15) is 0 Å².